The van der Waals surface area contributed by atoms with Crippen LogP contribution < -0.4 is 21.7 Å². The molecule has 0 aromatic heterocycles. The normalized spacial score (nSPS) is 13.1. The van der Waals surface area contributed by atoms with Crippen LogP contribution in [0.3, 0.4) is 0 Å². The first kappa shape index (κ1) is 37.6. The van der Waals surface area contributed by atoms with Crippen LogP contribution >= 0.6 is 0 Å². The van der Waals surface area contributed by atoms with Gasteiger partial charge in [-0.15, -0.1) is 4.75 Å². The van der Waals surface area contributed by atoms with Gasteiger partial charge in [0.25, 0.3) is 0 Å². The topological polar surface area (TPSA) is 166 Å². The molecule has 0 saturated heterocycles. The van der Waals surface area contributed by atoms with Crippen LogP contribution in [-0.4, -0.2) is 72.3 Å². The Labute approximate surface area is 208 Å². The average molecular weight is 826 g/mol. The molecule has 4 amide bonds. The van der Waals surface area contributed by atoms with Crippen LogP contribution in [-0.2, 0) is 66.5 Å². The Morgan fingerprint density at radius 3 is 1.91 bits per heavy atom. The zero-order valence-corrected chi connectivity index (χ0v) is 24.7. The van der Waals surface area contributed by atoms with Crippen molar-refractivity contribution < 1.29 is 53.9 Å². The SMILES string of the molecule is CC(N)=O.COC(=O)C(NC(=O)CNC(=O)C(N[C-]=O)C(C)(C)[S-])C(C)OC(C)(C)C.[Fm].[Pd]. The number of nitrogens with one attached hydrogen (secondary N) is 3. The maximum Gasteiger partial charge on any atom is 0.331 e. The minimum atomic E-state index is -1.05. The number of nitrogens with two attached hydrogens (primary N) is 1. The van der Waals surface area contributed by atoms with Gasteiger partial charge in [-0.3, -0.25) is 14.4 Å². The van der Waals surface area contributed by atoms with Gasteiger partial charge in [0.05, 0.1) is 31.4 Å². The van der Waals surface area contributed by atoms with Crippen molar-refractivity contribution in [2.75, 3.05) is 13.7 Å². The Morgan fingerprint density at radius 1 is 1.12 bits per heavy atom. The molecule has 3 atom stereocenters. The fraction of sp³-hybridized carbons (Fsp3) is 0.737. The molecule has 0 aliphatic heterocycles. The quantitative estimate of drug-likeness (QED) is 0.0703. The molecule has 0 radical (unpaired) electrons. The molecule has 5 N–H and O–H groups in total. The third-order valence-electron chi connectivity index (χ3n) is 3.36. The number of rotatable bonds is 10. The summed E-state index contributed by atoms with van der Waals surface area (Å²) in [7, 11) is 1.20. The van der Waals surface area contributed by atoms with Crippen molar-refractivity contribution in [3.63, 3.8) is 0 Å². The minimum Gasteiger partial charge on any atom is -0.784 e. The van der Waals surface area contributed by atoms with Crippen LogP contribution in [0, 0.1) is 0 Å². The molecule has 0 aliphatic rings. The summed E-state index contributed by atoms with van der Waals surface area (Å²) in [5.41, 5.74) is 3.93. The van der Waals surface area contributed by atoms with Crippen LogP contribution in [0.2, 0.25) is 0 Å². The molecule has 0 aromatic carbocycles. The van der Waals surface area contributed by atoms with Crippen LogP contribution in [0.1, 0.15) is 48.5 Å². The number of ether oxygens (including phenoxy) is 2. The van der Waals surface area contributed by atoms with Crippen molar-refractivity contribution in [3.8, 4) is 0 Å². The van der Waals surface area contributed by atoms with Crippen LogP contribution in [0.5, 0.6) is 0 Å². The smallest absolute Gasteiger partial charge is 0.331 e. The summed E-state index contributed by atoms with van der Waals surface area (Å²) in [5.74, 6) is -2.27. The summed E-state index contributed by atoms with van der Waals surface area (Å²) in [5, 5.41) is 7.06. The number of methoxy groups -OCH3 is 1. The molecule has 3 unspecified atom stereocenters. The maximum absolute atomic E-state index is 12.2. The summed E-state index contributed by atoms with van der Waals surface area (Å²) < 4.78 is 9.41. The fourth-order valence-corrected chi connectivity index (χ4v) is 2.39. The van der Waals surface area contributed by atoms with Gasteiger partial charge in [0.1, 0.15) is 0 Å². The van der Waals surface area contributed by atoms with Crippen molar-refractivity contribution in [2.45, 2.75) is 77.0 Å². The van der Waals surface area contributed by atoms with Gasteiger partial charge < -0.3 is 48.6 Å². The van der Waals surface area contributed by atoms with Gasteiger partial charge in [-0.2, -0.15) is 6.41 Å². The molecular weight excluding hydrogens is 792 g/mol. The van der Waals surface area contributed by atoms with Crippen molar-refractivity contribution in [1.82, 2.24) is 16.0 Å². The molecule has 0 spiro atoms. The second kappa shape index (κ2) is 16.9. The third-order valence-corrected chi connectivity index (χ3v) is 3.60. The first-order chi connectivity index (χ1) is 14.0. The Balaban J connectivity index is -0.000000643. The van der Waals surface area contributed by atoms with E-state index in [0.29, 0.717) is 0 Å². The van der Waals surface area contributed by atoms with E-state index in [0.717, 1.165) is 0 Å². The van der Waals surface area contributed by atoms with Gasteiger partial charge in [-0.05, 0) is 27.7 Å². The summed E-state index contributed by atoms with van der Waals surface area (Å²) >= 11 is 5.15. The van der Waals surface area contributed by atoms with E-state index >= 15 is 0 Å². The number of primary amides is 1. The molecule has 0 fully saturated rings. The minimum absolute atomic E-state index is 0. The molecule has 202 valence electrons. The van der Waals surface area contributed by atoms with Crippen molar-refractivity contribution >= 4 is 42.7 Å². The molecule has 33 heavy (non-hydrogen) atoms. The van der Waals surface area contributed by atoms with E-state index in [-0.39, 0.29) is 26.3 Å². The second-order valence-corrected chi connectivity index (χ2v) is 9.17. The van der Waals surface area contributed by atoms with E-state index in [4.69, 9.17) is 22.1 Å². The van der Waals surface area contributed by atoms with E-state index in [2.05, 4.69) is 21.7 Å². The molecule has 11 nitrogen and oxygen atoms in total. The molecule has 0 aliphatic carbocycles. The number of hydrogen-bond donors (Lipinski definition) is 4. The van der Waals surface area contributed by atoms with Gasteiger partial charge in [0.2, 0.25) is 17.7 Å². The van der Waals surface area contributed by atoms with Crippen molar-refractivity contribution in [3.05, 3.63) is 0 Å². The molecule has 0 heterocycles. The van der Waals surface area contributed by atoms with Gasteiger partial charge in [-0.25, -0.2) is 4.79 Å². The Morgan fingerprint density at radius 2 is 1.58 bits per heavy atom. The van der Waals surface area contributed by atoms with E-state index in [1.165, 1.54) is 20.4 Å². The first-order valence-corrected chi connectivity index (χ1v) is 9.79. The number of amides is 4. The van der Waals surface area contributed by atoms with Crippen molar-refractivity contribution in [2.24, 2.45) is 5.73 Å². The Hall–Kier alpha value is -2.68. The molecule has 0 saturated carbocycles. The maximum atomic E-state index is 12.2. The zero-order chi connectivity index (χ0) is 25.0. The number of esters is 1. The fourth-order valence-electron chi connectivity index (χ4n) is 2.23. The van der Waals surface area contributed by atoms with E-state index < -0.39 is 52.9 Å². The Kier molecular flexibility index (Phi) is 19.3. The second-order valence-electron chi connectivity index (χ2n) is 8.12. The summed E-state index contributed by atoms with van der Waals surface area (Å²) in [6.45, 7) is 11.1. The van der Waals surface area contributed by atoms with E-state index in [1.807, 2.05) is 20.8 Å². The predicted molar refractivity (Wildman–Crippen MR) is 116 cm³/mol. The molecular formula is C19H34FmN4O7PdS-2. The third kappa shape index (κ3) is 18.6. The van der Waals surface area contributed by atoms with Gasteiger partial charge in [0, 0.05) is 27.3 Å². The number of carbonyl (C=O) groups excluding carboxylic acids is 5. The summed E-state index contributed by atoms with van der Waals surface area (Å²) in [4.78, 5) is 56.1. The zero-order valence-electron chi connectivity index (χ0n) is 19.9. The van der Waals surface area contributed by atoms with Gasteiger partial charge >= 0.3 is 5.97 Å². The van der Waals surface area contributed by atoms with E-state index in [1.54, 1.807) is 20.8 Å². The van der Waals surface area contributed by atoms with Gasteiger partial charge in [0.15, 0.2) is 6.04 Å². The molecule has 0 aromatic rings. The first-order valence-electron chi connectivity index (χ1n) is 9.38. The number of carbonyl (C=O) groups is 4. The number of hydrogen-bond acceptors (Lipinski definition) is 8. The van der Waals surface area contributed by atoms with Crippen molar-refractivity contribution in [1.29, 1.82) is 0 Å². The Bertz CT molecular complexity index is 639. The summed E-state index contributed by atoms with van der Waals surface area (Å²) in [6, 6.07) is -2.09. The summed E-state index contributed by atoms with van der Waals surface area (Å²) in [6.07, 6.45) is 0.764. The van der Waals surface area contributed by atoms with Crippen LogP contribution in [0.25, 0.3) is 0 Å². The molecule has 14 heteroatoms. The standard InChI is InChI=1S/C17H30N3O6S.C2H5NO.Fm.Pd/c1-10(26-16(2,3)4)12(15(24)25-7)20-11(22)8-18-14(23)13(19-9-21)17(5,6)27;1-2(3)4;;/h10,12-13,27H,8H2,1-7H3,(H,18,23)(H,19,21)(H,20,22);1H3,(H2,3,4);;/q-1;;;/p-1. The van der Waals surface area contributed by atoms with Crippen LogP contribution in [0.4, 0.5) is 0 Å². The largest absolute Gasteiger partial charge is 0.784 e. The molecule has 0 bridgehead atoms. The van der Waals surface area contributed by atoms with E-state index in [9.17, 15) is 24.0 Å². The monoisotopic (exact) mass is 825 g/mol. The van der Waals surface area contributed by atoms with Gasteiger partial charge in [-0.1, -0.05) is 13.8 Å². The molecule has 0 rings (SSSR count). The van der Waals surface area contributed by atoms with Crippen LogP contribution in [0.15, 0.2) is 0 Å². The average Bonchev–Trinajstić information content (AvgIpc) is 2.58. The predicted octanol–water partition coefficient (Wildman–Crippen LogP) is -1.20.